The van der Waals surface area contributed by atoms with E-state index in [1.54, 1.807) is 6.08 Å². The summed E-state index contributed by atoms with van der Waals surface area (Å²) in [5, 5.41) is 23.1. The van der Waals surface area contributed by atoms with E-state index in [2.05, 4.69) is 104 Å². The number of nitrogens with one attached hydrogen (secondary N) is 1. The fourth-order valence-corrected chi connectivity index (χ4v) is 8.24. The lowest BCUT2D eigenvalue weighted by atomic mass is 10.0. The zero-order valence-corrected chi connectivity index (χ0v) is 43.7. The maximum Gasteiger partial charge on any atom is 0.220 e. The molecule has 66 heavy (non-hydrogen) atoms. The maximum absolute atomic E-state index is 12.5. The summed E-state index contributed by atoms with van der Waals surface area (Å²) >= 11 is 0. The number of aliphatic hydroxyl groups is 2. The lowest BCUT2D eigenvalue weighted by molar-refractivity contribution is -0.123. The predicted molar refractivity (Wildman–Crippen MR) is 294 cm³/mol. The summed E-state index contributed by atoms with van der Waals surface area (Å²) in [6, 6.07) is -0.648. The Hall–Kier alpha value is -2.69. The Kier molecular flexibility index (Phi) is 54.3. The van der Waals surface area contributed by atoms with E-state index in [0.717, 1.165) is 70.6 Å². The van der Waals surface area contributed by atoms with Crippen molar-refractivity contribution >= 4 is 5.91 Å². The highest BCUT2D eigenvalue weighted by atomic mass is 16.3. The first-order chi connectivity index (χ1) is 32.7. The molecule has 1 amide bonds. The van der Waals surface area contributed by atoms with Gasteiger partial charge in [0.15, 0.2) is 0 Å². The highest BCUT2D eigenvalue weighted by Crippen LogP contribution is 2.16. The first-order valence-corrected chi connectivity index (χ1v) is 28.5. The summed E-state index contributed by atoms with van der Waals surface area (Å²) in [4.78, 5) is 12.5. The average Bonchev–Trinajstić information content (AvgIpc) is 3.32. The molecule has 0 aromatic carbocycles. The molecular weight excluding hydrogens is 807 g/mol. The molecule has 0 saturated heterocycles. The molecule has 0 spiro atoms. The molecule has 0 aromatic heterocycles. The molecule has 0 fully saturated rings. The largest absolute Gasteiger partial charge is 0.394 e. The highest BCUT2D eigenvalue weighted by Gasteiger charge is 2.18. The van der Waals surface area contributed by atoms with Gasteiger partial charge in [0.05, 0.1) is 18.8 Å². The molecule has 4 heteroatoms. The van der Waals surface area contributed by atoms with Gasteiger partial charge in [-0.05, 0) is 89.9 Å². The quantitative estimate of drug-likeness (QED) is 0.0421. The third-order valence-electron chi connectivity index (χ3n) is 12.5. The van der Waals surface area contributed by atoms with Crippen molar-refractivity contribution in [3.05, 3.63) is 97.2 Å². The van der Waals surface area contributed by atoms with Crippen LogP contribution in [0.15, 0.2) is 97.2 Å². The van der Waals surface area contributed by atoms with Gasteiger partial charge in [0.25, 0.3) is 0 Å². The third-order valence-corrected chi connectivity index (χ3v) is 12.5. The Morgan fingerprint density at radius 3 is 1.06 bits per heavy atom. The summed E-state index contributed by atoms with van der Waals surface area (Å²) in [6.07, 6.45) is 84.3. The van der Waals surface area contributed by atoms with Crippen LogP contribution in [0.3, 0.4) is 0 Å². The van der Waals surface area contributed by atoms with E-state index < -0.39 is 12.1 Å². The van der Waals surface area contributed by atoms with Gasteiger partial charge in [0, 0.05) is 6.42 Å². The normalized spacial score (nSPS) is 13.6. The van der Waals surface area contributed by atoms with Crippen molar-refractivity contribution in [2.45, 2.75) is 283 Å². The van der Waals surface area contributed by atoms with E-state index in [1.807, 2.05) is 6.08 Å². The molecule has 4 nitrogen and oxygen atoms in total. The van der Waals surface area contributed by atoms with E-state index in [9.17, 15) is 15.0 Å². The van der Waals surface area contributed by atoms with Crippen molar-refractivity contribution in [1.29, 1.82) is 0 Å². The zero-order valence-electron chi connectivity index (χ0n) is 43.7. The fraction of sp³-hybridized carbons (Fsp3) is 0.726. The molecule has 0 rings (SSSR count). The van der Waals surface area contributed by atoms with Crippen molar-refractivity contribution in [1.82, 2.24) is 5.32 Å². The Labute approximate surface area is 411 Å². The van der Waals surface area contributed by atoms with Gasteiger partial charge in [0.1, 0.15) is 0 Å². The molecule has 0 heterocycles. The number of aliphatic hydroxyl groups excluding tert-OH is 2. The van der Waals surface area contributed by atoms with E-state index in [4.69, 9.17) is 0 Å². The molecule has 0 bridgehead atoms. The third kappa shape index (κ3) is 52.3. The summed E-state index contributed by atoms with van der Waals surface area (Å²) in [5.74, 6) is -0.0774. The topological polar surface area (TPSA) is 69.6 Å². The lowest BCUT2D eigenvalue weighted by Crippen LogP contribution is -2.45. The molecule has 0 aromatic rings. The molecule has 2 unspecified atom stereocenters. The molecule has 2 atom stereocenters. The van der Waals surface area contributed by atoms with Crippen molar-refractivity contribution in [2.75, 3.05) is 6.61 Å². The second-order valence-corrected chi connectivity index (χ2v) is 19.0. The van der Waals surface area contributed by atoms with Crippen molar-refractivity contribution in [2.24, 2.45) is 0 Å². The van der Waals surface area contributed by atoms with Gasteiger partial charge in [-0.3, -0.25) is 4.79 Å². The number of unbranched alkanes of at least 4 members (excludes halogenated alkanes) is 30. The molecule has 3 N–H and O–H groups in total. The van der Waals surface area contributed by atoms with Crippen LogP contribution in [-0.2, 0) is 4.79 Å². The Bertz CT molecular complexity index is 1220. The van der Waals surface area contributed by atoms with Crippen LogP contribution in [-0.4, -0.2) is 34.9 Å². The van der Waals surface area contributed by atoms with E-state index in [1.165, 1.54) is 180 Å². The number of hydrogen-bond acceptors (Lipinski definition) is 3. The highest BCUT2D eigenvalue weighted by molar-refractivity contribution is 5.76. The number of rotatable bonds is 51. The average molecular weight is 917 g/mol. The number of carbonyl (C=O) groups is 1. The minimum atomic E-state index is -0.873. The van der Waals surface area contributed by atoms with Gasteiger partial charge in [-0.25, -0.2) is 0 Å². The van der Waals surface area contributed by atoms with Crippen molar-refractivity contribution in [3.8, 4) is 0 Å². The summed E-state index contributed by atoms with van der Waals surface area (Å²) in [6.45, 7) is 4.18. The van der Waals surface area contributed by atoms with Gasteiger partial charge in [-0.2, -0.15) is 0 Å². The van der Waals surface area contributed by atoms with Crippen molar-refractivity contribution < 1.29 is 15.0 Å². The van der Waals surface area contributed by atoms with Gasteiger partial charge in [-0.15, -0.1) is 0 Å². The van der Waals surface area contributed by atoms with Gasteiger partial charge >= 0.3 is 0 Å². The summed E-state index contributed by atoms with van der Waals surface area (Å²) in [7, 11) is 0. The SMILES string of the molecule is CC/C=C\C/C=C\C/C=C\C/C=C\C/C=C\CCCCCCCCCCCCCCCCCCCCCCCC(=O)NC(CO)C(O)/C=C/CC/C=C/CC/C=C/CCCCCCCCC. The van der Waals surface area contributed by atoms with E-state index in [0.29, 0.717) is 6.42 Å². The van der Waals surface area contributed by atoms with E-state index in [-0.39, 0.29) is 12.5 Å². The van der Waals surface area contributed by atoms with Gasteiger partial charge in [-0.1, -0.05) is 272 Å². The standard InChI is InChI=1S/C62H109NO3/c1-3-5-7-9-11-13-15-17-19-21-22-23-24-25-26-27-28-29-30-31-32-33-34-35-36-37-38-39-40-42-44-46-48-50-52-54-56-58-62(66)63-60(59-64)61(65)57-55-53-51-49-47-45-43-41-20-18-16-14-12-10-8-6-4-2/h5,7,11,13,17,19-20,22-23,25-26,41,47,49,55,57,60-61,64-65H,3-4,6,8-10,12,14-16,18,21,24,27-40,42-46,48,50-54,56,58-59H2,1-2H3,(H,63,66)/b7-5-,13-11-,19-17-,23-22-,26-25-,41-20+,49-47+,57-55+. The molecule has 0 saturated carbocycles. The first-order valence-electron chi connectivity index (χ1n) is 28.5. The Balaban J connectivity index is 3.50. The minimum absolute atomic E-state index is 0.0774. The van der Waals surface area contributed by atoms with Crippen LogP contribution in [0.25, 0.3) is 0 Å². The molecule has 0 aliphatic carbocycles. The predicted octanol–water partition coefficient (Wildman–Crippen LogP) is 18.9. The van der Waals surface area contributed by atoms with Crippen LogP contribution in [0.2, 0.25) is 0 Å². The molecular formula is C62H109NO3. The Morgan fingerprint density at radius 2 is 0.682 bits per heavy atom. The number of amides is 1. The summed E-state index contributed by atoms with van der Waals surface area (Å²) in [5.41, 5.74) is 0. The smallest absolute Gasteiger partial charge is 0.220 e. The zero-order chi connectivity index (χ0) is 47.7. The lowest BCUT2D eigenvalue weighted by Gasteiger charge is -2.19. The van der Waals surface area contributed by atoms with Crippen LogP contribution in [0, 0.1) is 0 Å². The molecule has 0 aliphatic rings. The van der Waals surface area contributed by atoms with Crippen LogP contribution >= 0.6 is 0 Å². The first kappa shape index (κ1) is 63.3. The maximum atomic E-state index is 12.5. The number of hydrogen-bond donors (Lipinski definition) is 3. The van der Waals surface area contributed by atoms with Crippen molar-refractivity contribution in [3.63, 3.8) is 0 Å². The van der Waals surface area contributed by atoms with Crippen LogP contribution < -0.4 is 5.32 Å². The van der Waals surface area contributed by atoms with Gasteiger partial charge < -0.3 is 15.5 Å². The molecule has 380 valence electrons. The fourth-order valence-electron chi connectivity index (χ4n) is 8.24. The second-order valence-electron chi connectivity index (χ2n) is 19.0. The second kappa shape index (κ2) is 56.6. The van der Waals surface area contributed by atoms with Crippen LogP contribution in [0.1, 0.15) is 271 Å². The van der Waals surface area contributed by atoms with E-state index >= 15 is 0 Å². The molecule has 0 radical (unpaired) electrons. The monoisotopic (exact) mass is 916 g/mol. The molecule has 0 aliphatic heterocycles. The Morgan fingerprint density at radius 1 is 0.379 bits per heavy atom. The summed E-state index contributed by atoms with van der Waals surface area (Å²) < 4.78 is 0. The minimum Gasteiger partial charge on any atom is -0.394 e. The number of allylic oxidation sites excluding steroid dienone is 15. The van der Waals surface area contributed by atoms with Gasteiger partial charge in [0.2, 0.25) is 5.91 Å². The van der Waals surface area contributed by atoms with Crippen LogP contribution in [0.5, 0.6) is 0 Å². The number of carbonyl (C=O) groups excluding carboxylic acids is 1. The van der Waals surface area contributed by atoms with Crippen LogP contribution in [0.4, 0.5) is 0 Å².